The van der Waals surface area contributed by atoms with Crippen molar-refractivity contribution in [3.05, 3.63) is 108 Å². The van der Waals surface area contributed by atoms with Crippen molar-refractivity contribution >= 4 is 58.4 Å². The molecule has 0 aliphatic carbocycles. The average molecular weight is 610 g/mol. The van der Waals surface area contributed by atoms with Crippen LogP contribution in [-0.2, 0) is 0 Å². The maximum absolute atomic E-state index is 13.1. The second-order valence-corrected chi connectivity index (χ2v) is 13.7. The van der Waals surface area contributed by atoms with Gasteiger partial charge in [-0.2, -0.15) is 0 Å². The molecule has 4 rings (SSSR count). The Morgan fingerprint density at radius 2 is 1.00 bits per heavy atom. The third-order valence-electron chi connectivity index (χ3n) is 5.14. The van der Waals surface area contributed by atoms with Gasteiger partial charge in [-0.15, -0.1) is 0 Å². The summed E-state index contributed by atoms with van der Waals surface area (Å²) in [6.07, 6.45) is 0. The summed E-state index contributed by atoms with van der Waals surface area (Å²) in [5.74, 6) is 1.02. The molecule has 0 radical (unpaired) electrons. The third kappa shape index (κ3) is 6.56. The van der Waals surface area contributed by atoms with Crippen LogP contribution in [-0.4, -0.2) is 52.3 Å². The van der Waals surface area contributed by atoms with E-state index in [4.69, 9.17) is 9.47 Å². The van der Waals surface area contributed by atoms with E-state index < -0.39 is 0 Å². The average Bonchev–Trinajstić information content (AvgIpc) is 2.92. The van der Waals surface area contributed by atoms with E-state index in [1.165, 1.54) is 0 Å². The van der Waals surface area contributed by atoms with Crippen molar-refractivity contribution in [3.63, 3.8) is 0 Å². The molecule has 0 unspecified atom stereocenters. The molecule has 4 aromatic rings. The van der Waals surface area contributed by atoms with Crippen molar-refractivity contribution in [2.45, 2.75) is 0 Å². The van der Waals surface area contributed by atoms with Crippen LogP contribution in [0.5, 0.6) is 11.5 Å². The van der Waals surface area contributed by atoms with E-state index >= 15 is 0 Å². The second kappa shape index (κ2) is 12.4. The molecule has 0 saturated heterocycles. The van der Waals surface area contributed by atoms with Gasteiger partial charge in [-0.25, -0.2) is 0 Å². The second-order valence-electron chi connectivity index (χ2n) is 7.53. The van der Waals surface area contributed by atoms with Gasteiger partial charge in [0.15, 0.2) is 0 Å². The predicted molar refractivity (Wildman–Crippen MR) is 146 cm³/mol. The molecule has 0 bridgehead atoms. The van der Waals surface area contributed by atoms with Crippen molar-refractivity contribution in [1.82, 2.24) is 0 Å². The van der Waals surface area contributed by atoms with Gasteiger partial charge in [0, 0.05) is 0 Å². The van der Waals surface area contributed by atoms with Gasteiger partial charge in [0.25, 0.3) is 0 Å². The number of ether oxygens (including phenoxy) is 2. The number of hydrogen-bond acceptors (Lipinski definition) is 4. The van der Waals surface area contributed by atoms with Crippen molar-refractivity contribution in [2.75, 3.05) is 24.9 Å². The molecule has 0 heterocycles. The molecule has 0 saturated carbocycles. The van der Waals surface area contributed by atoms with Crippen LogP contribution in [0.1, 0.15) is 20.7 Å². The third-order valence-corrected chi connectivity index (χ3v) is 12.4. The van der Waals surface area contributed by atoms with Gasteiger partial charge >= 0.3 is 222 Å². The van der Waals surface area contributed by atoms with Crippen LogP contribution in [0.25, 0.3) is 0 Å². The Hall–Kier alpha value is -3.54. The molecule has 0 fully saturated rings. The van der Waals surface area contributed by atoms with Gasteiger partial charge in [0.05, 0.1) is 0 Å². The summed E-state index contributed by atoms with van der Waals surface area (Å²) in [5, 5.41) is 5.92. The molecular weight excluding hydrogens is 586 g/mol. The van der Waals surface area contributed by atoms with Gasteiger partial charge in [-0.05, 0) is 0 Å². The molecule has 2 amide bonds. The molecule has 36 heavy (non-hydrogen) atoms. The van der Waals surface area contributed by atoms with E-state index in [0.717, 1.165) is 8.92 Å². The molecule has 0 atom stereocenters. The van der Waals surface area contributed by atoms with Crippen LogP contribution >= 0.6 is 0 Å². The van der Waals surface area contributed by atoms with E-state index in [-0.39, 0.29) is 38.1 Å². The van der Waals surface area contributed by atoms with Crippen molar-refractivity contribution in [1.29, 1.82) is 0 Å². The van der Waals surface area contributed by atoms with Crippen molar-refractivity contribution in [3.8, 4) is 11.5 Å². The number of nitrogens with one attached hydrogen (secondary N) is 2. The number of anilines is 2. The van der Waals surface area contributed by atoms with Gasteiger partial charge in [-0.1, -0.05) is 0 Å². The Morgan fingerprint density at radius 3 is 1.42 bits per heavy atom. The summed E-state index contributed by atoms with van der Waals surface area (Å²) in [4.78, 5) is 26.1. The Bertz CT molecular complexity index is 1270. The summed E-state index contributed by atoms with van der Waals surface area (Å²) in [6.45, 7) is 0. The van der Waals surface area contributed by atoms with E-state index in [9.17, 15) is 9.59 Å². The number of rotatable bonds is 9. The van der Waals surface area contributed by atoms with Crippen LogP contribution < -0.4 is 29.0 Å². The van der Waals surface area contributed by atoms with Gasteiger partial charge in [0.1, 0.15) is 0 Å². The van der Waals surface area contributed by atoms with E-state index in [0.29, 0.717) is 34.0 Å². The fraction of sp³-hybridized carbons (Fsp3) is 0.0714. The number of methoxy groups -OCH3 is 2. The monoisotopic (exact) mass is 612 g/mol. The molecule has 2 N–H and O–H groups in total. The number of carbonyl (C=O) groups excluding carboxylic acids is 2. The molecule has 0 aliphatic heterocycles. The zero-order valence-corrected chi connectivity index (χ0v) is 23.1. The standard InChI is InChI=1S/C28H24N2O4Se2/c1-33-21-11-7-9-19(17-21)29-27(31)23-13-3-5-15-25(23)35-36-26-16-6-4-14-24(26)28(32)30-20-10-8-12-22(18-20)34-2/h3-18H,1-2H3,(H,29,31)(H,30,32). The molecule has 8 heteroatoms. The quantitative estimate of drug-likeness (QED) is 0.285. The van der Waals surface area contributed by atoms with Gasteiger partial charge in [-0.3, -0.25) is 0 Å². The maximum atomic E-state index is 13.1. The Kier molecular flexibility index (Phi) is 8.82. The molecule has 0 spiro atoms. The molecule has 182 valence electrons. The van der Waals surface area contributed by atoms with Crippen LogP contribution in [0.15, 0.2) is 97.1 Å². The van der Waals surface area contributed by atoms with Crippen LogP contribution in [0.2, 0.25) is 0 Å². The zero-order chi connectivity index (χ0) is 25.3. The van der Waals surface area contributed by atoms with Crippen molar-refractivity contribution < 1.29 is 19.1 Å². The minimum atomic E-state index is -0.166. The first kappa shape index (κ1) is 25.5. The van der Waals surface area contributed by atoms with Crippen LogP contribution in [0.3, 0.4) is 0 Å². The summed E-state index contributed by atoms with van der Waals surface area (Å²) >= 11 is -0.0245. The Balaban J connectivity index is 1.48. The van der Waals surface area contributed by atoms with Crippen LogP contribution in [0.4, 0.5) is 11.4 Å². The normalized spacial score (nSPS) is 10.4. The topological polar surface area (TPSA) is 76.7 Å². The van der Waals surface area contributed by atoms with Gasteiger partial charge in [0.2, 0.25) is 0 Å². The summed E-state index contributed by atoms with van der Waals surface area (Å²) in [5.41, 5.74) is 2.62. The first-order chi connectivity index (χ1) is 17.6. The van der Waals surface area contributed by atoms with E-state index in [1.54, 1.807) is 26.4 Å². The predicted octanol–water partition coefficient (Wildman–Crippen LogP) is 3.48. The minimum absolute atomic E-state index is 0.0122. The molecule has 0 aliphatic rings. The number of carbonyl (C=O) groups is 2. The number of benzene rings is 4. The first-order valence-electron chi connectivity index (χ1n) is 11.0. The van der Waals surface area contributed by atoms with Gasteiger partial charge < -0.3 is 0 Å². The number of amides is 2. The van der Waals surface area contributed by atoms with E-state index in [1.807, 2.05) is 84.9 Å². The first-order valence-corrected chi connectivity index (χ1v) is 17.1. The van der Waals surface area contributed by atoms with E-state index in [2.05, 4.69) is 10.6 Å². The molecule has 0 aromatic heterocycles. The molecule has 4 aromatic carbocycles. The fourth-order valence-corrected chi connectivity index (χ4v) is 10.5. The molecule has 6 nitrogen and oxygen atoms in total. The Morgan fingerprint density at radius 1 is 0.583 bits per heavy atom. The summed E-state index contributed by atoms with van der Waals surface area (Å²) in [7, 11) is 3.19. The Labute approximate surface area is 221 Å². The summed E-state index contributed by atoms with van der Waals surface area (Å²) < 4.78 is 12.5. The zero-order valence-electron chi connectivity index (χ0n) is 19.7. The van der Waals surface area contributed by atoms with Crippen LogP contribution in [0, 0.1) is 0 Å². The summed E-state index contributed by atoms with van der Waals surface area (Å²) in [6, 6.07) is 29.8. The fourth-order valence-electron chi connectivity index (χ4n) is 3.34. The van der Waals surface area contributed by atoms with Crippen molar-refractivity contribution in [2.24, 2.45) is 0 Å². The SMILES string of the molecule is COc1cccc(NC(=O)c2ccccc2[Se][Se]c2ccccc2C(=O)Nc2cccc(OC)c2)c1. The number of hydrogen-bond donors (Lipinski definition) is 2. The molecular formula is C28H24N2O4Se2.